The highest BCUT2D eigenvalue weighted by molar-refractivity contribution is 7.89. The molecule has 3 rings (SSSR count). The SMILES string of the molecule is C[C@@H]1CN(S(=O)(=O)c2ccc(NC(=O)CN(C)CCOc3ccccc3)cc2)C[C@@H](C)O1. The summed E-state index contributed by atoms with van der Waals surface area (Å²) in [6.07, 6.45) is -0.302. The Morgan fingerprint density at radius 1 is 1.09 bits per heavy atom. The van der Waals surface area contributed by atoms with Gasteiger partial charge in [0.2, 0.25) is 15.9 Å². The molecular weight excluding hydrogens is 430 g/mol. The molecule has 8 nitrogen and oxygen atoms in total. The monoisotopic (exact) mass is 461 g/mol. The van der Waals surface area contributed by atoms with Crippen LogP contribution in [0.4, 0.5) is 5.69 Å². The van der Waals surface area contributed by atoms with Crippen molar-refractivity contribution in [2.45, 2.75) is 31.0 Å². The fraction of sp³-hybridized carbons (Fsp3) is 0.435. The van der Waals surface area contributed by atoms with Crippen molar-refractivity contribution in [3.8, 4) is 5.75 Å². The molecular formula is C23H31N3O5S. The number of para-hydroxylation sites is 1. The average Bonchev–Trinajstić information content (AvgIpc) is 2.74. The Labute approximate surface area is 190 Å². The smallest absolute Gasteiger partial charge is 0.243 e. The summed E-state index contributed by atoms with van der Waals surface area (Å²) in [5.74, 6) is 0.611. The highest BCUT2D eigenvalue weighted by Gasteiger charge is 2.32. The number of amides is 1. The van der Waals surface area contributed by atoms with Crippen molar-refractivity contribution in [3.63, 3.8) is 0 Å². The fourth-order valence-corrected chi connectivity index (χ4v) is 5.14. The van der Waals surface area contributed by atoms with Crippen molar-refractivity contribution >= 4 is 21.6 Å². The number of ether oxygens (including phenoxy) is 2. The number of nitrogens with one attached hydrogen (secondary N) is 1. The number of carbonyl (C=O) groups is 1. The van der Waals surface area contributed by atoms with Gasteiger partial charge in [0, 0.05) is 25.3 Å². The van der Waals surface area contributed by atoms with E-state index in [0.717, 1.165) is 5.75 Å². The third-order valence-corrected chi connectivity index (χ3v) is 6.91. The quantitative estimate of drug-likeness (QED) is 0.617. The number of hydrogen-bond donors (Lipinski definition) is 1. The van der Waals surface area contributed by atoms with Gasteiger partial charge in [0.1, 0.15) is 12.4 Å². The lowest BCUT2D eigenvalue weighted by Crippen LogP contribution is -2.48. The predicted octanol–water partition coefficient (Wildman–Crippen LogP) is 2.43. The number of sulfonamides is 1. The number of rotatable bonds is 9. The van der Waals surface area contributed by atoms with Crippen LogP contribution in [0.25, 0.3) is 0 Å². The Morgan fingerprint density at radius 2 is 1.72 bits per heavy atom. The largest absolute Gasteiger partial charge is 0.492 e. The number of benzene rings is 2. The maximum Gasteiger partial charge on any atom is 0.243 e. The number of anilines is 1. The van der Waals surface area contributed by atoms with Crippen LogP contribution < -0.4 is 10.1 Å². The number of morpholine rings is 1. The van der Waals surface area contributed by atoms with Crippen LogP contribution in [0.3, 0.4) is 0 Å². The average molecular weight is 462 g/mol. The molecule has 2 aromatic carbocycles. The van der Waals surface area contributed by atoms with Gasteiger partial charge in [-0.1, -0.05) is 18.2 Å². The van der Waals surface area contributed by atoms with E-state index in [1.807, 2.05) is 56.1 Å². The molecule has 2 aromatic rings. The van der Waals surface area contributed by atoms with Crippen molar-refractivity contribution in [1.82, 2.24) is 9.21 Å². The first-order chi connectivity index (χ1) is 15.2. The van der Waals surface area contributed by atoms with Gasteiger partial charge in [-0.3, -0.25) is 9.69 Å². The van der Waals surface area contributed by atoms with Crippen LogP contribution in [-0.2, 0) is 19.6 Å². The van der Waals surface area contributed by atoms with E-state index in [1.165, 1.54) is 16.4 Å². The molecule has 1 heterocycles. The Bertz CT molecular complexity index is 972. The normalized spacial score (nSPS) is 19.6. The van der Waals surface area contributed by atoms with Crippen molar-refractivity contribution in [3.05, 3.63) is 54.6 Å². The summed E-state index contributed by atoms with van der Waals surface area (Å²) >= 11 is 0. The van der Waals surface area contributed by atoms with Gasteiger partial charge in [-0.2, -0.15) is 4.31 Å². The molecule has 1 fully saturated rings. The van der Waals surface area contributed by atoms with Gasteiger partial charge in [0.05, 0.1) is 23.6 Å². The van der Waals surface area contributed by atoms with Crippen molar-refractivity contribution in [2.75, 3.05) is 45.2 Å². The third-order valence-electron chi connectivity index (χ3n) is 5.06. The zero-order valence-corrected chi connectivity index (χ0v) is 19.5. The Kier molecular flexibility index (Phi) is 8.25. The number of carbonyl (C=O) groups excluding carboxylic acids is 1. The Balaban J connectivity index is 1.48. The molecule has 32 heavy (non-hydrogen) atoms. The minimum absolute atomic E-state index is 0.151. The van der Waals surface area contributed by atoms with Crippen LogP contribution in [0.15, 0.2) is 59.5 Å². The zero-order valence-electron chi connectivity index (χ0n) is 18.7. The number of likely N-dealkylation sites (N-methyl/N-ethyl adjacent to an activating group) is 1. The molecule has 1 amide bonds. The molecule has 0 saturated carbocycles. The Hall–Kier alpha value is -2.46. The minimum Gasteiger partial charge on any atom is -0.492 e. The highest BCUT2D eigenvalue weighted by Crippen LogP contribution is 2.22. The van der Waals surface area contributed by atoms with E-state index in [0.29, 0.717) is 31.9 Å². The summed E-state index contributed by atoms with van der Waals surface area (Å²) in [5.41, 5.74) is 0.548. The molecule has 1 saturated heterocycles. The lowest BCUT2D eigenvalue weighted by Gasteiger charge is -2.34. The van der Waals surface area contributed by atoms with Crippen LogP contribution in [0.1, 0.15) is 13.8 Å². The second kappa shape index (κ2) is 10.9. The molecule has 2 atom stereocenters. The summed E-state index contributed by atoms with van der Waals surface area (Å²) in [7, 11) is -1.77. The zero-order chi connectivity index (χ0) is 23.1. The van der Waals surface area contributed by atoms with Gasteiger partial charge >= 0.3 is 0 Å². The predicted molar refractivity (Wildman–Crippen MR) is 123 cm³/mol. The lowest BCUT2D eigenvalue weighted by molar-refractivity contribution is -0.117. The van der Waals surface area contributed by atoms with E-state index in [9.17, 15) is 13.2 Å². The third kappa shape index (κ3) is 6.77. The highest BCUT2D eigenvalue weighted by atomic mass is 32.2. The molecule has 1 aliphatic heterocycles. The molecule has 1 N–H and O–H groups in total. The molecule has 0 bridgehead atoms. The van der Waals surface area contributed by atoms with Crippen molar-refractivity contribution in [1.29, 1.82) is 0 Å². The first-order valence-electron chi connectivity index (χ1n) is 10.7. The summed E-state index contributed by atoms with van der Waals surface area (Å²) < 4.78 is 38.6. The minimum atomic E-state index is -3.61. The summed E-state index contributed by atoms with van der Waals surface area (Å²) in [6.45, 7) is 5.64. The van der Waals surface area contributed by atoms with Gasteiger partial charge < -0.3 is 14.8 Å². The van der Waals surface area contributed by atoms with Crippen LogP contribution in [0.2, 0.25) is 0 Å². The topological polar surface area (TPSA) is 88.2 Å². The summed E-state index contributed by atoms with van der Waals surface area (Å²) in [4.78, 5) is 14.4. The van der Waals surface area contributed by atoms with E-state index in [4.69, 9.17) is 9.47 Å². The van der Waals surface area contributed by atoms with Gasteiger partial charge in [-0.05, 0) is 57.3 Å². The van der Waals surface area contributed by atoms with Crippen molar-refractivity contribution < 1.29 is 22.7 Å². The van der Waals surface area contributed by atoms with Gasteiger partial charge in [-0.15, -0.1) is 0 Å². The van der Waals surface area contributed by atoms with E-state index in [2.05, 4.69) is 5.32 Å². The molecule has 174 valence electrons. The molecule has 9 heteroatoms. The van der Waals surface area contributed by atoms with Gasteiger partial charge in [-0.25, -0.2) is 8.42 Å². The summed E-state index contributed by atoms with van der Waals surface area (Å²) in [6, 6.07) is 15.8. The molecule has 0 unspecified atom stereocenters. The molecule has 0 aromatic heterocycles. The summed E-state index contributed by atoms with van der Waals surface area (Å²) in [5, 5.41) is 2.80. The fourth-order valence-electron chi connectivity index (χ4n) is 3.55. The first-order valence-corrected chi connectivity index (χ1v) is 12.1. The van der Waals surface area contributed by atoms with Crippen LogP contribution >= 0.6 is 0 Å². The molecule has 0 aliphatic carbocycles. The standard InChI is InChI=1S/C23H31N3O5S/c1-18-15-26(16-19(2)31-18)32(28,29)22-11-9-20(10-12-22)24-23(27)17-25(3)13-14-30-21-7-5-4-6-8-21/h4-12,18-19H,13-17H2,1-3H3,(H,24,27)/t18-,19-/m1/s1. The first kappa shape index (κ1) is 24.2. The second-order valence-electron chi connectivity index (χ2n) is 8.05. The maximum absolute atomic E-state index is 12.9. The van der Waals surface area contributed by atoms with E-state index < -0.39 is 10.0 Å². The van der Waals surface area contributed by atoms with Crippen LogP contribution in [-0.4, -0.2) is 75.6 Å². The molecule has 1 aliphatic rings. The number of hydrogen-bond acceptors (Lipinski definition) is 6. The Morgan fingerprint density at radius 3 is 2.34 bits per heavy atom. The van der Waals surface area contributed by atoms with E-state index in [-0.39, 0.29) is 29.6 Å². The second-order valence-corrected chi connectivity index (χ2v) is 9.99. The molecule has 0 spiro atoms. The number of nitrogens with zero attached hydrogens (tertiary/aromatic N) is 2. The van der Waals surface area contributed by atoms with Gasteiger partial charge in [0.25, 0.3) is 0 Å². The molecule has 0 radical (unpaired) electrons. The van der Waals surface area contributed by atoms with E-state index >= 15 is 0 Å². The van der Waals surface area contributed by atoms with E-state index in [1.54, 1.807) is 12.1 Å². The maximum atomic E-state index is 12.9. The lowest BCUT2D eigenvalue weighted by atomic mass is 10.3. The van der Waals surface area contributed by atoms with Crippen molar-refractivity contribution in [2.24, 2.45) is 0 Å². The van der Waals surface area contributed by atoms with Gasteiger partial charge in [0.15, 0.2) is 0 Å². The van der Waals surface area contributed by atoms with Crippen LogP contribution in [0.5, 0.6) is 5.75 Å². The van der Waals surface area contributed by atoms with Crippen LogP contribution in [0, 0.1) is 0 Å².